The summed E-state index contributed by atoms with van der Waals surface area (Å²) in [7, 11) is 0. The fourth-order valence-corrected chi connectivity index (χ4v) is 4.57. The van der Waals surface area contributed by atoms with Crippen LogP contribution in [0.3, 0.4) is 0 Å². The molecule has 2 aliphatic heterocycles. The van der Waals surface area contributed by atoms with E-state index in [9.17, 15) is 4.79 Å². The molecule has 0 spiro atoms. The number of likely N-dealkylation sites (tertiary alicyclic amines) is 2. The zero-order valence-corrected chi connectivity index (χ0v) is 13.9. The Morgan fingerprint density at radius 3 is 2.96 bits per heavy atom. The average Bonchev–Trinajstić information content (AvgIpc) is 3.21. The van der Waals surface area contributed by atoms with E-state index < -0.39 is 0 Å². The van der Waals surface area contributed by atoms with Gasteiger partial charge in [-0.3, -0.25) is 14.7 Å². The van der Waals surface area contributed by atoms with Crippen molar-refractivity contribution in [1.29, 1.82) is 0 Å². The highest BCUT2D eigenvalue weighted by Gasteiger charge is 2.42. The van der Waals surface area contributed by atoms with Crippen molar-refractivity contribution >= 4 is 17.2 Å². The van der Waals surface area contributed by atoms with Gasteiger partial charge in [-0.05, 0) is 35.4 Å². The number of nitrogens with zero attached hydrogens (tertiary/aromatic N) is 3. The van der Waals surface area contributed by atoms with Gasteiger partial charge in [-0.25, -0.2) is 0 Å². The molecule has 0 aromatic carbocycles. The SMILES string of the molecule is O=C1[C@H]2CN(Cc3cccs3)C[C@@H]2CCN1Cc1cccnc1. The van der Waals surface area contributed by atoms with E-state index in [1.54, 1.807) is 17.5 Å². The van der Waals surface area contributed by atoms with Crippen molar-refractivity contribution in [3.05, 3.63) is 52.5 Å². The molecule has 2 fully saturated rings. The number of piperidine rings is 1. The monoisotopic (exact) mass is 327 g/mol. The summed E-state index contributed by atoms with van der Waals surface area (Å²) in [4.78, 5) is 22.9. The van der Waals surface area contributed by atoms with E-state index in [2.05, 4.69) is 27.4 Å². The predicted molar refractivity (Wildman–Crippen MR) is 90.8 cm³/mol. The molecule has 5 heteroatoms. The zero-order chi connectivity index (χ0) is 15.6. The van der Waals surface area contributed by atoms with E-state index in [0.29, 0.717) is 18.4 Å². The zero-order valence-electron chi connectivity index (χ0n) is 13.1. The minimum atomic E-state index is 0.181. The first-order valence-electron chi connectivity index (χ1n) is 8.22. The fourth-order valence-electron chi connectivity index (χ4n) is 3.82. The Balaban J connectivity index is 1.40. The van der Waals surface area contributed by atoms with Gasteiger partial charge in [-0.1, -0.05) is 12.1 Å². The molecule has 4 rings (SSSR count). The van der Waals surface area contributed by atoms with Gasteiger partial charge in [0, 0.05) is 50.0 Å². The van der Waals surface area contributed by atoms with Crippen LogP contribution in [0.25, 0.3) is 0 Å². The van der Waals surface area contributed by atoms with Crippen molar-refractivity contribution in [3.63, 3.8) is 0 Å². The van der Waals surface area contributed by atoms with Gasteiger partial charge in [0.05, 0.1) is 5.92 Å². The second-order valence-electron chi connectivity index (χ2n) is 6.55. The number of aromatic nitrogens is 1. The summed E-state index contributed by atoms with van der Waals surface area (Å²) in [5, 5.41) is 2.12. The molecule has 120 valence electrons. The average molecular weight is 327 g/mol. The van der Waals surface area contributed by atoms with Gasteiger partial charge in [-0.15, -0.1) is 11.3 Å². The van der Waals surface area contributed by atoms with Crippen LogP contribution in [-0.2, 0) is 17.9 Å². The Bertz CT molecular complexity index is 658. The van der Waals surface area contributed by atoms with E-state index in [1.165, 1.54) is 4.88 Å². The quantitative estimate of drug-likeness (QED) is 0.866. The molecule has 0 N–H and O–H groups in total. The number of pyridine rings is 1. The summed E-state index contributed by atoms with van der Waals surface area (Å²) in [6.45, 7) is 4.53. The minimum absolute atomic E-state index is 0.181. The van der Waals surface area contributed by atoms with Crippen LogP contribution in [0.15, 0.2) is 42.0 Å². The number of carbonyl (C=O) groups excluding carboxylic acids is 1. The molecule has 2 atom stereocenters. The third-order valence-corrected chi connectivity index (χ3v) is 5.83. The normalized spacial score (nSPS) is 24.9. The third kappa shape index (κ3) is 3.16. The Morgan fingerprint density at radius 1 is 1.22 bits per heavy atom. The van der Waals surface area contributed by atoms with Crippen LogP contribution in [0.4, 0.5) is 0 Å². The van der Waals surface area contributed by atoms with Gasteiger partial charge in [0.25, 0.3) is 0 Å². The number of hydrogen-bond donors (Lipinski definition) is 0. The van der Waals surface area contributed by atoms with Crippen LogP contribution in [0.2, 0.25) is 0 Å². The smallest absolute Gasteiger partial charge is 0.227 e. The molecule has 0 saturated carbocycles. The van der Waals surface area contributed by atoms with Crippen molar-refractivity contribution < 1.29 is 4.79 Å². The second-order valence-corrected chi connectivity index (χ2v) is 7.58. The van der Waals surface area contributed by atoms with Crippen molar-refractivity contribution in [2.45, 2.75) is 19.5 Å². The molecular formula is C18H21N3OS. The highest BCUT2D eigenvalue weighted by atomic mass is 32.1. The molecule has 2 aliphatic rings. The van der Waals surface area contributed by atoms with Crippen LogP contribution in [0, 0.1) is 11.8 Å². The van der Waals surface area contributed by atoms with Crippen LogP contribution in [0.5, 0.6) is 0 Å². The van der Waals surface area contributed by atoms with E-state index in [1.807, 2.05) is 23.2 Å². The molecule has 1 amide bonds. The largest absolute Gasteiger partial charge is 0.338 e. The van der Waals surface area contributed by atoms with Gasteiger partial charge in [0.15, 0.2) is 0 Å². The lowest BCUT2D eigenvalue weighted by Gasteiger charge is -2.33. The summed E-state index contributed by atoms with van der Waals surface area (Å²) in [5.41, 5.74) is 1.12. The Hall–Kier alpha value is -1.72. The first-order chi connectivity index (χ1) is 11.3. The summed E-state index contributed by atoms with van der Waals surface area (Å²) in [5.74, 6) is 1.05. The number of fused-ring (bicyclic) bond motifs is 1. The molecule has 0 bridgehead atoms. The second kappa shape index (κ2) is 6.42. The lowest BCUT2D eigenvalue weighted by atomic mass is 9.88. The summed E-state index contributed by atoms with van der Waals surface area (Å²) < 4.78 is 0. The van der Waals surface area contributed by atoms with Crippen molar-refractivity contribution in [3.8, 4) is 0 Å². The van der Waals surface area contributed by atoms with Crippen LogP contribution >= 0.6 is 11.3 Å². The number of amides is 1. The number of rotatable bonds is 4. The number of carbonyl (C=O) groups is 1. The molecule has 0 unspecified atom stereocenters. The Morgan fingerprint density at radius 2 is 2.17 bits per heavy atom. The minimum Gasteiger partial charge on any atom is -0.338 e. The molecule has 0 radical (unpaired) electrons. The molecule has 23 heavy (non-hydrogen) atoms. The molecule has 2 aromatic heterocycles. The molecular weight excluding hydrogens is 306 g/mol. The van der Waals surface area contributed by atoms with Crippen molar-refractivity contribution in [2.75, 3.05) is 19.6 Å². The fraction of sp³-hybridized carbons (Fsp3) is 0.444. The van der Waals surface area contributed by atoms with Crippen LogP contribution < -0.4 is 0 Å². The van der Waals surface area contributed by atoms with Crippen molar-refractivity contribution in [2.24, 2.45) is 11.8 Å². The van der Waals surface area contributed by atoms with E-state index in [0.717, 1.165) is 38.2 Å². The van der Waals surface area contributed by atoms with Gasteiger partial charge in [-0.2, -0.15) is 0 Å². The van der Waals surface area contributed by atoms with Gasteiger partial charge in [0.1, 0.15) is 0 Å². The van der Waals surface area contributed by atoms with Crippen LogP contribution in [0.1, 0.15) is 16.9 Å². The number of hydrogen-bond acceptors (Lipinski definition) is 4. The molecule has 2 saturated heterocycles. The van der Waals surface area contributed by atoms with Crippen LogP contribution in [-0.4, -0.2) is 40.3 Å². The Kier molecular flexibility index (Phi) is 4.14. The summed E-state index contributed by atoms with van der Waals surface area (Å²) in [6, 6.07) is 8.27. The summed E-state index contributed by atoms with van der Waals surface area (Å²) in [6.07, 6.45) is 4.76. The van der Waals surface area contributed by atoms with Crippen molar-refractivity contribution in [1.82, 2.24) is 14.8 Å². The lowest BCUT2D eigenvalue weighted by molar-refractivity contribution is -0.140. The lowest BCUT2D eigenvalue weighted by Crippen LogP contribution is -2.44. The highest BCUT2D eigenvalue weighted by Crippen LogP contribution is 2.33. The molecule has 2 aromatic rings. The van der Waals surface area contributed by atoms with Gasteiger partial charge < -0.3 is 4.90 Å². The van der Waals surface area contributed by atoms with E-state index in [-0.39, 0.29) is 5.92 Å². The maximum atomic E-state index is 12.8. The molecule has 4 heterocycles. The first-order valence-corrected chi connectivity index (χ1v) is 9.10. The standard InChI is InChI=1S/C18H21N3OS/c22-18-17-13-20(12-16-4-2-8-23-16)11-15(17)5-7-21(18)10-14-3-1-6-19-9-14/h1-4,6,8-9,15,17H,5,7,10-13H2/t15-,17-/m0/s1. The van der Waals surface area contributed by atoms with E-state index in [4.69, 9.17) is 0 Å². The Labute approximate surface area is 140 Å². The summed E-state index contributed by atoms with van der Waals surface area (Å²) >= 11 is 1.80. The van der Waals surface area contributed by atoms with Gasteiger partial charge >= 0.3 is 0 Å². The maximum Gasteiger partial charge on any atom is 0.227 e. The maximum absolute atomic E-state index is 12.8. The first kappa shape index (κ1) is 14.8. The predicted octanol–water partition coefficient (Wildman–Crippen LogP) is 2.62. The topological polar surface area (TPSA) is 36.4 Å². The van der Waals surface area contributed by atoms with E-state index >= 15 is 0 Å². The molecule has 4 nitrogen and oxygen atoms in total. The van der Waals surface area contributed by atoms with Gasteiger partial charge in [0.2, 0.25) is 5.91 Å². The highest BCUT2D eigenvalue weighted by molar-refractivity contribution is 7.09. The number of thiophene rings is 1. The molecule has 0 aliphatic carbocycles. The third-order valence-electron chi connectivity index (χ3n) is 4.97.